The monoisotopic (exact) mass is 541 g/mol. The number of benzene rings is 1. The molecule has 0 aliphatic carbocycles. The van der Waals surface area contributed by atoms with Crippen molar-refractivity contribution in [3.8, 4) is 5.75 Å². The summed E-state index contributed by atoms with van der Waals surface area (Å²) >= 11 is 0. The first-order valence-electron chi connectivity index (χ1n) is 14.0. The minimum Gasteiger partial charge on any atom is -0.497 e. The molecular weight excluding hydrogens is 490 g/mol. The van der Waals surface area contributed by atoms with Crippen molar-refractivity contribution < 1.29 is 24.5 Å². The van der Waals surface area contributed by atoms with Crippen molar-refractivity contribution in [2.75, 3.05) is 7.11 Å². The SMILES string of the molecule is C=C/C=C\[C@H](C)[C@H](OC(N)=O)[C@@H](C)[C@H](O)[C@@H](C)C/C(C)=C\[C@H](C)[C@@H](O)[C@@H](C)/C=C\CCc1cccc(OC)c1. The molecule has 0 fully saturated rings. The van der Waals surface area contributed by atoms with Crippen LogP contribution in [0.5, 0.6) is 5.75 Å². The van der Waals surface area contributed by atoms with Gasteiger partial charge in [-0.25, -0.2) is 4.79 Å². The minimum atomic E-state index is -0.854. The molecule has 1 rings (SSSR count). The number of aliphatic hydroxyl groups excluding tert-OH is 2. The van der Waals surface area contributed by atoms with Crippen LogP contribution >= 0.6 is 0 Å². The summed E-state index contributed by atoms with van der Waals surface area (Å²) in [6, 6.07) is 8.08. The average molecular weight is 542 g/mol. The smallest absolute Gasteiger partial charge is 0.404 e. The highest BCUT2D eigenvalue weighted by Crippen LogP contribution is 2.29. The van der Waals surface area contributed by atoms with Crippen molar-refractivity contribution in [2.45, 2.75) is 79.1 Å². The molecule has 6 nitrogen and oxygen atoms in total. The zero-order chi connectivity index (χ0) is 29.5. The van der Waals surface area contributed by atoms with Crippen molar-refractivity contribution in [1.82, 2.24) is 0 Å². The summed E-state index contributed by atoms with van der Waals surface area (Å²) in [6.07, 6.45) is 11.5. The first-order valence-corrected chi connectivity index (χ1v) is 14.0. The Labute approximate surface area is 236 Å². The maximum atomic E-state index is 11.5. The topological polar surface area (TPSA) is 102 Å². The van der Waals surface area contributed by atoms with Crippen LogP contribution in [0.3, 0.4) is 0 Å². The summed E-state index contributed by atoms with van der Waals surface area (Å²) in [7, 11) is 1.67. The normalized spacial score (nSPS) is 18.6. The molecule has 0 bridgehead atoms. The van der Waals surface area contributed by atoms with E-state index in [4.69, 9.17) is 15.2 Å². The van der Waals surface area contributed by atoms with Crippen LogP contribution in [0.1, 0.15) is 59.9 Å². The number of primary amides is 1. The van der Waals surface area contributed by atoms with Gasteiger partial charge in [0.2, 0.25) is 0 Å². The number of carbonyl (C=O) groups is 1. The lowest BCUT2D eigenvalue weighted by molar-refractivity contribution is -0.0266. The Morgan fingerprint density at radius 2 is 1.74 bits per heavy atom. The summed E-state index contributed by atoms with van der Waals surface area (Å²) in [5.41, 5.74) is 7.63. The molecule has 0 radical (unpaired) electrons. The van der Waals surface area contributed by atoms with Gasteiger partial charge in [-0.2, -0.15) is 0 Å². The van der Waals surface area contributed by atoms with Gasteiger partial charge in [0.25, 0.3) is 0 Å². The molecule has 1 aromatic carbocycles. The molecule has 0 aliphatic rings. The average Bonchev–Trinajstić information content (AvgIpc) is 2.90. The van der Waals surface area contributed by atoms with E-state index in [1.54, 1.807) is 19.3 Å². The van der Waals surface area contributed by atoms with Crippen LogP contribution in [-0.2, 0) is 11.2 Å². The van der Waals surface area contributed by atoms with Gasteiger partial charge in [0.05, 0.1) is 19.3 Å². The molecule has 0 saturated heterocycles. The first kappa shape index (κ1) is 34.2. The number of allylic oxidation sites excluding steroid dienone is 4. The highest BCUT2D eigenvalue weighted by Gasteiger charge is 2.33. The maximum Gasteiger partial charge on any atom is 0.404 e. The molecule has 0 spiro atoms. The lowest BCUT2D eigenvalue weighted by Crippen LogP contribution is -2.41. The predicted octanol–water partition coefficient (Wildman–Crippen LogP) is 6.63. The van der Waals surface area contributed by atoms with Crippen LogP contribution in [0.4, 0.5) is 4.79 Å². The number of ether oxygens (including phenoxy) is 2. The fraction of sp³-hybridized carbons (Fsp3) is 0.545. The number of hydrogen-bond acceptors (Lipinski definition) is 5. The Hall–Kier alpha value is -2.83. The molecule has 0 aromatic heterocycles. The second-order valence-corrected chi connectivity index (χ2v) is 11.0. The number of carbonyl (C=O) groups excluding carboxylic acids is 1. The summed E-state index contributed by atoms with van der Waals surface area (Å²) in [5, 5.41) is 22.0. The zero-order valence-electron chi connectivity index (χ0n) is 24.9. The van der Waals surface area contributed by atoms with Crippen molar-refractivity contribution in [2.24, 2.45) is 35.3 Å². The number of rotatable bonds is 17. The van der Waals surface area contributed by atoms with Crippen LogP contribution in [0.25, 0.3) is 0 Å². The van der Waals surface area contributed by atoms with Crippen LogP contribution < -0.4 is 10.5 Å². The van der Waals surface area contributed by atoms with Crippen molar-refractivity contribution >= 4 is 6.09 Å². The van der Waals surface area contributed by atoms with Gasteiger partial charge >= 0.3 is 6.09 Å². The first-order chi connectivity index (χ1) is 18.4. The zero-order valence-corrected chi connectivity index (χ0v) is 24.9. The number of hydrogen-bond donors (Lipinski definition) is 3. The quantitative estimate of drug-likeness (QED) is 0.152. The van der Waals surface area contributed by atoms with Crippen LogP contribution in [0, 0.1) is 29.6 Å². The van der Waals surface area contributed by atoms with E-state index < -0.39 is 24.4 Å². The van der Waals surface area contributed by atoms with Gasteiger partial charge in [-0.05, 0) is 49.8 Å². The molecule has 8 atom stereocenters. The van der Waals surface area contributed by atoms with E-state index in [1.807, 2.05) is 65.8 Å². The third-order valence-electron chi connectivity index (χ3n) is 7.40. The van der Waals surface area contributed by atoms with Crippen LogP contribution in [0.2, 0.25) is 0 Å². The van der Waals surface area contributed by atoms with E-state index in [-0.39, 0.29) is 29.6 Å². The van der Waals surface area contributed by atoms with E-state index in [0.29, 0.717) is 6.42 Å². The molecule has 0 saturated carbocycles. The highest BCUT2D eigenvalue weighted by molar-refractivity contribution is 5.64. The highest BCUT2D eigenvalue weighted by atomic mass is 16.6. The van der Waals surface area contributed by atoms with E-state index in [0.717, 1.165) is 24.2 Å². The minimum absolute atomic E-state index is 0.00853. The Bertz CT molecular complexity index is 969. The maximum absolute atomic E-state index is 11.5. The Morgan fingerprint density at radius 3 is 2.36 bits per heavy atom. The predicted molar refractivity (Wildman–Crippen MR) is 160 cm³/mol. The van der Waals surface area contributed by atoms with Gasteiger partial charge in [-0.1, -0.05) is 95.4 Å². The number of amides is 1. The van der Waals surface area contributed by atoms with Gasteiger partial charge in [0.1, 0.15) is 11.9 Å². The summed E-state index contributed by atoms with van der Waals surface area (Å²) < 4.78 is 10.7. The molecular formula is C33H51NO5. The van der Waals surface area contributed by atoms with E-state index in [1.165, 1.54) is 5.56 Å². The summed E-state index contributed by atoms with van der Waals surface area (Å²) in [6.45, 7) is 15.5. The fourth-order valence-electron chi connectivity index (χ4n) is 5.13. The lowest BCUT2D eigenvalue weighted by Gasteiger charge is -2.33. The second-order valence-electron chi connectivity index (χ2n) is 11.0. The second kappa shape index (κ2) is 17.7. The molecule has 1 aromatic rings. The third-order valence-corrected chi connectivity index (χ3v) is 7.40. The van der Waals surface area contributed by atoms with Gasteiger partial charge < -0.3 is 25.4 Å². The van der Waals surface area contributed by atoms with Gasteiger partial charge in [0.15, 0.2) is 0 Å². The molecule has 0 aliphatic heterocycles. The van der Waals surface area contributed by atoms with Gasteiger partial charge in [-0.15, -0.1) is 0 Å². The molecule has 4 N–H and O–H groups in total. The Balaban J connectivity index is 2.70. The van der Waals surface area contributed by atoms with E-state index >= 15 is 0 Å². The third kappa shape index (κ3) is 12.3. The van der Waals surface area contributed by atoms with Crippen molar-refractivity contribution in [1.29, 1.82) is 0 Å². The van der Waals surface area contributed by atoms with Crippen LogP contribution in [-0.4, -0.2) is 41.7 Å². The van der Waals surface area contributed by atoms with Crippen LogP contribution in [0.15, 0.2) is 72.9 Å². The van der Waals surface area contributed by atoms with E-state index in [2.05, 4.69) is 30.9 Å². The Kier molecular flexibility index (Phi) is 15.5. The molecule has 0 heterocycles. The van der Waals surface area contributed by atoms with Crippen molar-refractivity contribution in [3.05, 3.63) is 78.4 Å². The Morgan fingerprint density at radius 1 is 1.05 bits per heavy atom. The number of aryl methyl sites for hydroxylation is 1. The van der Waals surface area contributed by atoms with Crippen molar-refractivity contribution in [3.63, 3.8) is 0 Å². The molecule has 39 heavy (non-hydrogen) atoms. The molecule has 0 unspecified atom stereocenters. The molecule has 6 heteroatoms. The van der Waals surface area contributed by atoms with E-state index in [9.17, 15) is 15.0 Å². The number of methoxy groups -OCH3 is 1. The molecule has 218 valence electrons. The largest absolute Gasteiger partial charge is 0.497 e. The summed E-state index contributed by atoms with van der Waals surface area (Å²) in [5.74, 6) is 0.291. The number of nitrogens with two attached hydrogens (primary N) is 1. The van der Waals surface area contributed by atoms with Gasteiger partial charge in [0, 0.05) is 23.7 Å². The fourth-order valence-corrected chi connectivity index (χ4v) is 5.13. The standard InChI is InChI=1S/C33H51NO5/c1-9-10-14-24(4)32(39-33(34)37)27(7)31(36)26(6)20-22(2)19-25(5)30(35)23(3)15-11-12-16-28-17-13-18-29(21-28)38-8/h9-11,13-15,17-19,21,23-27,30-32,35-36H,1,12,16,20H2,2-8H3,(H2,34,37)/b14-10-,15-11-,22-19-/t23-,24-,25-,26-,27-,30-,31+,32-/m0/s1. The number of aliphatic hydroxyl groups is 2. The molecule has 1 amide bonds. The lowest BCUT2D eigenvalue weighted by atomic mass is 9.81. The summed E-state index contributed by atoms with van der Waals surface area (Å²) in [4.78, 5) is 11.5. The van der Waals surface area contributed by atoms with Gasteiger partial charge in [-0.3, -0.25) is 0 Å².